The molecule has 2 aromatic rings. The molecule has 0 fully saturated rings. The molecule has 0 bridgehead atoms. The van der Waals surface area contributed by atoms with E-state index in [0.29, 0.717) is 19.5 Å². The van der Waals surface area contributed by atoms with E-state index in [0.717, 1.165) is 16.8 Å². The minimum absolute atomic E-state index is 0.0938. The SMILES string of the molecule is Cc1ccc(C2=NO[C@H](CN(Cc3ccccc3)C(=O)NC(C)(C)C)C2)cc1. The van der Waals surface area contributed by atoms with Gasteiger partial charge in [0.1, 0.15) is 0 Å². The van der Waals surface area contributed by atoms with Gasteiger partial charge in [-0.15, -0.1) is 0 Å². The minimum Gasteiger partial charge on any atom is -0.390 e. The number of oxime groups is 1. The van der Waals surface area contributed by atoms with E-state index in [9.17, 15) is 4.79 Å². The van der Waals surface area contributed by atoms with E-state index in [2.05, 4.69) is 41.7 Å². The molecule has 2 aromatic carbocycles. The van der Waals surface area contributed by atoms with E-state index in [1.807, 2.05) is 51.1 Å². The first-order chi connectivity index (χ1) is 13.3. The fourth-order valence-electron chi connectivity index (χ4n) is 3.11. The van der Waals surface area contributed by atoms with Gasteiger partial charge in [0.05, 0.1) is 12.3 Å². The molecule has 148 valence electrons. The maximum absolute atomic E-state index is 12.9. The Labute approximate surface area is 167 Å². The molecule has 0 unspecified atom stereocenters. The van der Waals surface area contributed by atoms with Gasteiger partial charge in [0.25, 0.3) is 0 Å². The maximum atomic E-state index is 12.9. The zero-order valence-corrected chi connectivity index (χ0v) is 17.1. The molecule has 5 heteroatoms. The minimum atomic E-state index is -0.299. The summed E-state index contributed by atoms with van der Waals surface area (Å²) in [6.45, 7) is 9.02. The first-order valence-corrected chi connectivity index (χ1v) is 9.71. The number of urea groups is 1. The Bertz CT molecular complexity index is 823. The molecule has 0 aromatic heterocycles. The fraction of sp³-hybridized carbons (Fsp3) is 0.391. The number of aryl methyl sites for hydroxylation is 1. The third-order valence-electron chi connectivity index (χ3n) is 4.53. The van der Waals surface area contributed by atoms with Crippen molar-refractivity contribution in [2.45, 2.75) is 52.3 Å². The van der Waals surface area contributed by atoms with E-state index >= 15 is 0 Å². The molecule has 1 aliphatic heterocycles. The van der Waals surface area contributed by atoms with Crippen LogP contribution in [0.5, 0.6) is 0 Å². The van der Waals surface area contributed by atoms with Crippen molar-refractivity contribution in [1.82, 2.24) is 10.2 Å². The normalized spacial score (nSPS) is 16.3. The summed E-state index contributed by atoms with van der Waals surface area (Å²) in [5.41, 5.74) is 4.01. The summed E-state index contributed by atoms with van der Waals surface area (Å²) in [4.78, 5) is 20.3. The monoisotopic (exact) mass is 379 g/mol. The molecule has 0 aliphatic carbocycles. The Kier molecular flexibility index (Phi) is 6.02. The zero-order valence-electron chi connectivity index (χ0n) is 17.1. The van der Waals surface area contributed by atoms with Crippen molar-refractivity contribution in [2.24, 2.45) is 5.16 Å². The smallest absolute Gasteiger partial charge is 0.318 e. The molecule has 0 spiro atoms. The largest absolute Gasteiger partial charge is 0.390 e. The summed E-state index contributed by atoms with van der Waals surface area (Å²) in [7, 11) is 0. The standard InChI is InChI=1S/C23H29N3O2/c1-17-10-12-19(13-11-17)21-14-20(28-25-21)16-26(22(27)24-23(2,3)4)15-18-8-6-5-7-9-18/h5-13,20H,14-16H2,1-4H3,(H,24,27)/t20-/m0/s1. The first-order valence-electron chi connectivity index (χ1n) is 9.71. The molecule has 1 atom stereocenters. The molecule has 28 heavy (non-hydrogen) atoms. The van der Waals surface area contributed by atoms with Crippen molar-refractivity contribution in [3.05, 3.63) is 71.3 Å². The molecular formula is C23H29N3O2. The fourth-order valence-corrected chi connectivity index (χ4v) is 3.11. The van der Waals surface area contributed by atoms with Crippen LogP contribution in [0.15, 0.2) is 59.8 Å². The summed E-state index contributed by atoms with van der Waals surface area (Å²) in [6.07, 6.45) is 0.544. The van der Waals surface area contributed by atoms with Crippen LogP contribution in [0.25, 0.3) is 0 Å². The van der Waals surface area contributed by atoms with Gasteiger partial charge >= 0.3 is 6.03 Å². The second-order valence-corrected chi connectivity index (χ2v) is 8.38. The average molecular weight is 380 g/mol. The van der Waals surface area contributed by atoms with Crippen LogP contribution in [-0.4, -0.2) is 34.8 Å². The van der Waals surface area contributed by atoms with E-state index in [-0.39, 0.29) is 17.7 Å². The van der Waals surface area contributed by atoms with E-state index < -0.39 is 0 Å². The van der Waals surface area contributed by atoms with E-state index in [1.165, 1.54) is 5.56 Å². The van der Waals surface area contributed by atoms with Crippen molar-refractivity contribution in [1.29, 1.82) is 0 Å². The molecule has 1 heterocycles. The summed E-state index contributed by atoms with van der Waals surface area (Å²) in [6, 6.07) is 18.2. The topological polar surface area (TPSA) is 53.9 Å². The van der Waals surface area contributed by atoms with Crippen LogP contribution in [0.3, 0.4) is 0 Å². The van der Waals surface area contributed by atoms with Gasteiger partial charge in [-0.25, -0.2) is 4.79 Å². The maximum Gasteiger partial charge on any atom is 0.318 e. The number of nitrogens with one attached hydrogen (secondary N) is 1. The number of benzene rings is 2. The summed E-state index contributed by atoms with van der Waals surface area (Å²) < 4.78 is 0. The number of rotatable bonds is 5. The van der Waals surface area contributed by atoms with Crippen LogP contribution in [0, 0.1) is 6.92 Å². The number of carbonyl (C=O) groups excluding carboxylic acids is 1. The third kappa shape index (κ3) is 5.59. The van der Waals surface area contributed by atoms with Crippen molar-refractivity contribution < 1.29 is 9.63 Å². The molecule has 3 rings (SSSR count). The highest BCUT2D eigenvalue weighted by Gasteiger charge is 2.28. The van der Waals surface area contributed by atoms with Crippen molar-refractivity contribution >= 4 is 11.7 Å². The van der Waals surface area contributed by atoms with Crippen molar-refractivity contribution in [3.8, 4) is 0 Å². The molecule has 0 radical (unpaired) electrons. The Morgan fingerprint density at radius 1 is 1.14 bits per heavy atom. The van der Waals surface area contributed by atoms with Crippen LogP contribution < -0.4 is 5.32 Å². The Morgan fingerprint density at radius 2 is 1.82 bits per heavy atom. The van der Waals surface area contributed by atoms with Gasteiger partial charge in [0, 0.05) is 18.5 Å². The Morgan fingerprint density at radius 3 is 2.46 bits per heavy atom. The van der Waals surface area contributed by atoms with E-state index in [4.69, 9.17) is 4.84 Å². The van der Waals surface area contributed by atoms with Crippen molar-refractivity contribution in [2.75, 3.05) is 6.54 Å². The van der Waals surface area contributed by atoms with Gasteiger partial charge in [-0.2, -0.15) is 0 Å². The number of hydrogen-bond acceptors (Lipinski definition) is 3. The lowest BCUT2D eigenvalue weighted by atomic mass is 10.0. The molecule has 0 saturated heterocycles. The van der Waals surface area contributed by atoms with Crippen LogP contribution in [0.1, 0.15) is 43.9 Å². The van der Waals surface area contributed by atoms with Gasteiger partial charge < -0.3 is 15.1 Å². The second-order valence-electron chi connectivity index (χ2n) is 8.38. The summed E-state index contributed by atoms with van der Waals surface area (Å²) in [5, 5.41) is 7.33. The van der Waals surface area contributed by atoms with Gasteiger partial charge in [0.15, 0.2) is 6.10 Å². The van der Waals surface area contributed by atoms with Gasteiger partial charge in [-0.1, -0.05) is 65.3 Å². The third-order valence-corrected chi connectivity index (χ3v) is 4.53. The first kappa shape index (κ1) is 19.9. The Hall–Kier alpha value is -2.82. The lowest BCUT2D eigenvalue weighted by molar-refractivity contribution is 0.0580. The lowest BCUT2D eigenvalue weighted by Gasteiger charge is -2.29. The number of nitrogens with zero attached hydrogens (tertiary/aromatic N) is 2. The van der Waals surface area contributed by atoms with Crippen LogP contribution >= 0.6 is 0 Å². The second kappa shape index (κ2) is 8.46. The van der Waals surface area contributed by atoms with Gasteiger partial charge in [-0.05, 0) is 38.8 Å². The highest BCUT2D eigenvalue weighted by Crippen LogP contribution is 2.19. The lowest BCUT2D eigenvalue weighted by Crippen LogP contribution is -2.50. The van der Waals surface area contributed by atoms with Crippen LogP contribution in [-0.2, 0) is 11.4 Å². The number of amides is 2. The Balaban J connectivity index is 1.67. The highest BCUT2D eigenvalue weighted by atomic mass is 16.6. The molecule has 5 nitrogen and oxygen atoms in total. The highest BCUT2D eigenvalue weighted by molar-refractivity contribution is 6.01. The molecule has 2 amide bonds. The van der Waals surface area contributed by atoms with Crippen molar-refractivity contribution in [3.63, 3.8) is 0 Å². The molecular weight excluding hydrogens is 350 g/mol. The zero-order chi connectivity index (χ0) is 20.1. The number of carbonyl (C=O) groups is 1. The van der Waals surface area contributed by atoms with Crippen LogP contribution in [0.2, 0.25) is 0 Å². The number of hydrogen-bond donors (Lipinski definition) is 1. The molecule has 0 saturated carbocycles. The molecule has 1 N–H and O–H groups in total. The predicted octanol–water partition coefficient (Wildman–Crippen LogP) is 4.50. The quantitative estimate of drug-likeness (QED) is 0.832. The summed E-state index contributed by atoms with van der Waals surface area (Å²) in [5.74, 6) is 0. The average Bonchev–Trinajstić information content (AvgIpc) is 3.10. The van der Waals surface area contributed by atoms with Gasteiger partial charge in [-0.3, -0.25) is 0 Å². The summed E-state index contributed by atoms with van der Waals surface area (Å²) >= 11 is 0. The molecule has 1 aliphatic rings. The predicted molar refractivity (Wildman–Crippen MR) is 112 cm³/mol. The van der Waals surface area contributed by atoms with Gasteiger partial charge in [0.2, 0.25) is 0 Å². The van der Waals surface area contributed by atoms with Crippen LogP contribution in [0.4, 0.5) is 4.79 Å². The van der Waals surface area contributed by atoms with E-state index in [1.54, 1.807) is 4.90 Å².